The third-order valence-corrected chi connectivity index (χ3v) is 7.12. The molecule has 0 atom stereocenters. The number of nitrogens with zero attached hydrogens (tertiary/aromatic N) is 4. The van der Waals surface area contributed by atoms with Gasteiger partial charge in [-0.15, -0.1) is 0 Å². The number of hydrogen-bond donors (Lipinski definition) is 2. The first-order valence-corrected chi connectivity index (χ1v) is 12.1. The van der Waals surface area contributed by atoms with Crippen LogP contribution in [0.3, 0.4) is 0 Å². The molecule has 1 aromatic heterocycles. The molecular weight excluding hydrogens is 456 g/mol. The normalized spacial score (nSPS) is 19.0. The van der Waals surface area contributed by atoms with E-state index in [0.717, 1.165) is 56.0 Å². The Morgan fingerprint density at radius 1 is 1.15 bits per heavy atom. The Kier molecular flexibility index (Phi) is 6.47. The number of piperazine rings is 1. The minimum Gasteiger partial charge on any atom is -0.432 e. The van der Waals surface area contributed by atoms with E-state index in [2.05, 4.69) is 27.1 Å². The van der Waals surface area contributed by atoms with Crippen molar-refractivity contribution < 1.29 is 14.0 Å². The maximum atomic E-state index is 12.9. The van der Waals surface area contributed by atoms with Gasteiger partial charge in [0.25, 0.3) is 6.01 Å². The summed E-state index contributed by atoms with van der Waals surface area (Å²) in [5, 5.41) is 7.15. The van der Waals surface area contributed by atoms with E-state index in [9.17, 15) is 9.59 Å². The Morgan fingerprint density at radius 3 is 2.56 bits per heavy atom. The zero-order valence-corrected chi connectivity index (χ0v) is 19.8. The molecule has 10 heteroatoms. The van der Waals surface area contributed by atoms with Gasteiger partial charge in [-0.05, 0) is 42.5 Å². The first kappa shape index (κ1) is 22.7. The number of oxazole rings is 1. The van der Waals surface area contributed by atoms with Crippen molar-refractivity contribution in [2.45, 2.75) is 24.8 Å². The number of carbonyl (C=O) groups is 2. The highest BCUT2D eigenvalue weighted by atomic mass is 35.5. The molecule has 0 bridgehead atoms. The first-order chi connectivity index (χ1) is 16.5. The van der Waals surface area contributed by atoms with Crippen LogP contribution in [0, 0.1) is 0 Å². The Morgan fingerprint density at radius 2 is 1.91 bits per heavy atom. The quantitative estimate of drug-likeness (QED) is 0.556. The van der Waals surface area contributed by atoms with Crippen molar-refractivity contribution in [3.05, 3.63) is 47.8 Å². The number of amides is 2. The fraction of sp³-hybridized carbons (Fsp3) is 0.458. The number of benzene rings is 1. The second-order valence-electron chi connectivity index (χ2n) is 9.03. The number of likely N-dealkylation sites (tertiary alicyclic amines) is 1. The van der Waals surface area contributed by atoms with E-state index in [0.29, 0.717) is 36.1 Å². The number of halogens is 1. The molecule has 2 amide bonds. The van der Waals surface area contributed by atoms with Crippen molar-refractivity contribution in [2.24, 2.45) is 0 Å². The van der Waals surface area contributed by atoms with E-state index in [4.69, 9.17) is 16.0 Å². The van der Waals surface area contributed by atoms with Gasteiger partial charge in [-0.1, -0.05) is 18.2 Å². The average molecular weight is 485 g/mol. The van der Waals surface area contributed by atoms with Crippen LogP contribution < -0.4 is 10.6 Å². The number of aromatic nitrogens is 1. The highest BCUT2D eigenvalue weighted by molar-refractivity contribution is 6.32. The van der Waals surface area contributed by atoms with Gasteiger partial charge in [0.2, 0.25) is 11.8 Å². The van der Waals surface area contributed by atoms with Crippen LogP contribution in [0.1, 0.15) is 24.3 Å². The molecule has 2 N–H and O–H groups in total. The summed E-state index contributed by atoms with van der Waals surface area (Å²) in [6.45, 7) is 8.20. The Balaban J connectivity index is 1.16. The smallest absolute Gasteiger partial charge is 0.299 e. The molecule has 1 saturated carbocycles. The Bertz CT molecular complexity index is 1060. The lowest BCUT2D eigenvalue weighted by atomic mass is 10.1. The second-order valence-corrected chi connectivity index (χ2v) is 9.43. The van der Waals surface area contributed by atoms with Crippen LogP contribution in [0.4, 0.5) is 17.4 Å². The third-order valence-electron chi connectivity index (χ3n) is 6.79. The van der Waals surface area contributed by atoms with Gasteiger partial charge in [-0.25, -0.2) is 4.98 Å². The summed E-state index contributed by atoms with van der Waals surface area (Å²) in [5.41, 5.74) is 2.63. The molecule has 34 heavy (non-hydrogen) atoms. The summed E-state index contributed by atoms with van der Waals surface area (Å²) < 4.78 is 5.31. The molecule has 0 spiro atoms. The van der Waals surface area contributed by atoms with Crippen LogP contribution >= 0.6 is 11.6 Å². The number of hydrogen-bond acceptors (Lipinski definition) is 7. The van der Waals surface area contributed by atoms with Crippen molar-refractivity contribution >= 4 is 40.8 Å². The maximum absolute atomic E-state index is 12.9. The van der Waals surface area contributed by atoms with Gasteiger partial charge in [0.05, 0.1) is 24.1 Å². The van der Waals surface area contributed by atoms with Crippen molar-refractivity contribution in [3.8, 4) is 0 Å². The van der Waals surface area contributed by atoms with E-state index in [1.807, 2.05) is 17.0 Å². The van der Waals surface area contributed by atoms with E-state index in [-0.39, 0.29) is 18.4 Å². The molecular formula is C24H29ClN6O3. The predicted octanol–water partition coefficient (Wildman–Crippen LogP) is 2.90. The molecule has 1 aromatic carbocycles. The largest absolute Gasteiger partial charge is 0.432 e. The van der Waals surface area contributed by atoms with Crippen molar-refractivity contribution in [3.63, 3.8) is 0 Å². The van der Waals surface area contributed by atoms with Gasteiger partial charge < -0.3 is 24.9 Å². The lowest BCUT2D eigenvalue weighted by Crippen LogP contribution is -2.64. The topological polar surface area (TPSA) is 94.0 Å². The summed E-state index contributed by atoms with van der Waals surface area (Å²) in [6.07, 6.45) is 6.69. The molecule has 2 aromatic rings. The summed E-state index contributed by atoms with van der Waals surface area (Å²) in [5.74, 6) is 0.526. The van der Waals surface area contributed by atoms with Gasteiger partial charge in [-0.2, -0.15) is 0 Å². The Labute approximate surface area is 203 Å². The molecule has 0 unspecified atom stereocenters. The van der Waals surface area contributed by atoms with Crippen molar-refractivity contribution in [1.82, 2.24) is 19.7 Å². The van der Waals surface area contributed by atoms with Gasteiger partial charge in [0, 0.05) is 50.3 Å². The standard InChI is InChI=1S/C24H29ClN6O3/c1-2-22(32)31-14-17(15-31)29-6-8-30(9-7-29)23(33)13-27-20-11-18(16-3-4-16)19(25)12-21(20)28-24-26-5-10-34-24/h2,5,10-12,16-17,27H,1,3-4,6-9,13-15H2,(H,26,28). The highest BCUT2D eigenvalue weighted by Crippen LogP contribution is 2.46. The van der Waals surface area contributed by atoms with E-state index in [1.54, 1.807) is 11.1 Å². The van der Waals surface area contributed by atoms with E-state index in [1.165, 1.54) is 12.3 Å². The van der Waals surface area contributed by atoms with Crippen LogP contribution in [0.15, 0.2) is 41.7 Å². The Hall–Kier alpha value is -3.04. The number of rotatable bonds is 8. The summed E-state index contributed by atoms with van der Waals surface area (Å²) in [7, 11) is 0. The van der Waals surface area contributed by atoms with Gasteiger partial charge in [0.15, 0.2) is 0 Å². The average Bonchev–Trinajstić information content (AvgIpc) is 3.53. The van der Waals surface area contributed by atoms with Crippen LogP contribution in [0.5, 0.6) is 0 Å². The minimum absolute atomic E-state index is 0.0140. The van der Waals surface area contributed by atoms with Crippen LogP contribution in [-0.2, 0) is 9.59 Å². The monoisotopic (exact) mass is 484 g/mol. The maximum Gasteiger partial charge on any atom is 0.299 e. The van der Waals surface area contributed by atoms with Crippen LogP contribution in [0.25, 0.3) is 0 Å². The molecule has 3 aliphatic rings. The number of nitrogens with one attached hydrogen (secondary N) is 2. The first-order valence-electron chi connectivity index (χ1n) is 11.7. The molecule has 1 aliphatic carbocycles. The summed E-state index contributed by atoms with van der Waals surface area (Å²) in [6, 6.07) is 4.64. The molecule has 2 aliphatic heterocycles. The zero-order valence-electron chi connectivity index (χ0n) is 19.0. The minimum atomic E-state index is -0.0140. The van der Waals surface area contributed by atoms with Crippen LogP contribution in [0.2, 0.25) is 5.02 Å². The van der Waals surface area contributed by atoms with Gasteiger partial charge in [0.1, 0.15) is 6.26 Å². The van der Waals surface area contributed by atoms with E-state index < -0.39 is 0 Å². The third kappa shape index (κ3) is 4.90. The summed E-state index contributed by atoms with van der Waals surface area (Å²) in [4.78, 5) is 34.8. The molecule has 180 valence electrons. The predicted molar refractivity (Wildman–Crippen MR) is 130 cm³/mol. The fourth-order valence-corrected chi connectivity index (χ4v) is 4.88. The lowest BCUT2D eigenvalue weighted by Gasteiger charge is -2.47. The summed E-state index contributed by atoms with van der Waals surface area (Å²) >= 11 is 6.53. The van der Waals surface area contributed by atoms with Crippen molar-refractivity contribution in [2.75, 3.05) is 56.4 Å². The molecule has 5 rings (SSSR count). The zero-order chi connectivity index (χ0) is 23.7. The SMILES string of the molecule is C=CC(=O)N1CC(N2CCN(C(=O)CNc3cc(C4CC4)c(Cl)cc3Nc3ncco3)CC2)C1. The van der Waals surface area contributed by atoms with E-state index >= 15 is 0 Å². The van der Waals surface area contributed by atoms with Crippen molar-refractivity contribution in [1.29, 1.82) is 0 Å². The second kappa shape index (κ2) is 9.68. The molecule has 9 nitrogen and oxygen atoms in total. The lowest BCUT2D eigenvalue weighted by molar-refractivity contribution is -0.135. The van der Waals surface area contributed by atoms with Gasteiger partial charge in [-0.3, -0.25) is 14.5 Å². The molecule has 2 saturated heterocycles. The van der Waals surface area contributed by atoms with Crippen LogP contribution in [-0.4, -0.2) is 83.4 Å². The molecule has 0 radical (unpaired) electrons. The molecule has 3 fully saturated rings. The number of anilines is 3. The van der Waals surface area contributed by atoms with Gasteiger partial charge >= 0.3 is 0 Å². The highest BCUT2D eigenvalue weighted by Gasteiger charge is 2.35. The number of carbonyl (C=O) groups excluding carboxylic acids is 2. The fourth-order valence-electron chi connectivity index (χ4n) is 4.56. The molecule has 3 heterocycles.